The fourth-order valence-corrected chi connectivity index (χ4v) is 5.32. The van der Waals surface area contributed by atoms with Crippen molar-refractivity contribution in [2.45, 2.75) is 20.4 Å². The van der Waals surface area contributed by atoms with Crippen molar-refractivity contribution < 1.29 is 13.9 Å². The third kappa shape index (κ3) is 4.44. The van der Waals surface area contributed by atoms with Crippen molar-refractivity contribution in [3.63, 3.8) is 0 Å². The summed E-state index contributed by atoms with van der Waals surface area (Å²) in [7, 11) is 0. The Labute approximate surface area is 195 Å². The van der Waals surface area contributed by atoms with E-state index >= 15 is 0 Å². The van der Waals surface area contributed by atoms with E-state index < -0.39 is 5.76 Å². The number of ether oxygens (including phenoxy) is 1. The normalized spacial score (nSPS) is 14.8. The molecule has 8 nitrogen and oxygen atoms in total. The molecule has 0 unspecified atom stereocenters. The maximum absolute atomic E-state index is 13.6. The number of rotatable bonds is 6. The molecule has 0 saturated carbocycles. The molecule has 1 saturated heterocycles. The van der Waals surface area contributed by atoms with Gasteiger partial charge in [-0.15, -0.1) is 0 Å². The van der Waals surface area contributed by atoms with Gasteiger partial charge in [0.15, 0.2) is 10.7 Å². The van der Waals surface area contributed by atoms with Crippen LogP contribution < -0.4 is 10.7 Å². The molecule has 2 aromatic heterocycles. The van der Waals surface area contributed by atoms with Crippen molar-refractivity contribution >= 4 is 43.7 Å². The van der Waals surface area contributed by atoms with Crippen LogP contribution in [0.5, 0.6) is 0 Å². The van der Waals surface area contributed by atoms with Crippen molar-refractivity contribution in [3.8, 4) is 0 Å². The van der Waals surface area contributed by atoms with Crippen LogP contribution in [0.3, 0.4) is 0 Å². The summed E-state index contributed by atoms with van der Waals surface area (Å²) in [5.41, 5.74) is 4.26. The van der Waals surface area contributed by atoms with Gasteiger partial charge in [-0.25, -0.2) is 9.78 Å². The number of hydrogen-bond acceptors (Lipinski definition) is 7. The monoisotopic (exact) mass is 466 g/mol. The molecule has 0 spiro atoms. The van der Waals surface area contributed by atoms with Crippen LogP contribution in [-0.2, 0) is 16.1 Å². The smallest absolute Gasteiger partial charge is 0.408 e. The number of carbonyl (C=O) groups excluding carboxylic acids is 1. The number of thiazole rings is 1. The molecule has 4 aromatic rings. The Hall–Kier alpha value is -3.01. The van der Waals surface area contributed by atoms with Gasteiger partial charge < -0.3 is 9.15 Å². The predicted octanol–water partition coefficient (Wildman–Crippen LogP) is 3.19. The first kappa shape index (κ1) is 21.8. The highest BCUT2D eigenvalue weighted by Gasteiger charge is 2.24. The van der Waals surface area contributed by atoms with Crippen molar-refractivity contribution in [1.29, 1.82) is 0 Å². The third-order valence-corrected chi connectivity index (χ3v) is 7.18. The van der Waals surface area contributed by atoms with Gasteiger partial charge in [-0.1, -0.05) is 29.5 Å². The quantitative estimate of drug-likeness (QED) is 0.434. The second-order valence-corrected chi connectivity index (χ2v) is 9.33. The molecule has 0 N–H and O–H groups in total. The van der Waals surface area contributed by atoms with E-state index in [0.29, 0.717) is 42.5 Å². The fraction of sp³-hybridized carbons (Fsp3) is 0.375. The first-order valence-electron chi connectivity index (χ1n) is 11.1. The molecule has 33 heavy (non-hydrogen) atoms. The van der Waals surface area contributed by atoms with Crippen LogP contribution in [0, 0.1) is 13.8 Å². The average molecular weight is 467 g/mol. The Morgan fingerprint density at radius 1 is 1.18 bits per heavy atom. The minimum atomic E-state index is -0.534. The molecule has 1 fully saturated rings. The molecule has 3 heterocycles. The van der Waals surface area contributed by atoms with Gasteiger partial charge in [0.25, 0.3) is 0 Å². The number of anilines is 1. The fourth-order valence-electron chi connectivity index (χ4n) is 4.26. The predicted molar refractivity (Wildman–Crippen MR) is 129 cm³/mol. The van der Waals surface area contributed by atoms with Gasteiger partial charge >= 0.3 is 5.76 Å². The minimum absolute atomic E-state index is 0.104. The second-order valence-electron chi connectivity index (χ2n) is 8.35. The highest BCUT2D eigenvalue weighted by atomic mass is 32.1. The summed E-state index contributed by atoms with van der Waals surface area (Å²) in [5, 5.41) is 0.651. The first-order chi connectivity index (χ1) is 16.0. The Morgan fingerprint density at radius 2 is 1.97 bits per heavy atom. The van der Waals surface area contributed by atoms with E-state index in [1.807, 2.05) is 19.1 Å². The summed E-state index contributed by atoms with van der Waals surface area (Å²) in [6, 6.07) is 11.3. The van der Waals surface area contributed by atoms with E-state index in [9.17, 15) is 9.59 Å². The van der Waals surface area contributed by atoms with Gasteiger partial charge in [-0.2, -0.15) is 0 Å². The highest BCUT2D eigenvalue weighted by molar-refractivity contribution is 7.22. The summed E-state index contributed by atoms with van der Waals surface area (Å²) < 4.78 is 13.2. The molecule has 0 radical (unpaired) electrons. The summed E-state index contributed by atoms with van der Waals surface area (Å²) in [6.07, 6.45) is 0. The molecule has 5 rings (SSSR count). The van der Waals surface area contributed by atoms with Gasteiger partial charge in [-0.3, -0.25) is 19.2 Å². The average Bonchev–Trinajstić information content (AvgIpc) is 3.36. The van der Waals surface area contributed by atoms with E-state index in [1.165, 1.54) is 15.9 Å². The lowest BCUT2D eigenvalue weighted by atomic mass is 10.1. The molecule has 1 amide bonds. The number of oxazole rings is 1. The Balaban J connectivity index is 1.47. The number of aromatic nitrogens is 2. The van der Waals surface area contributed by atoms with Crippen LogP contribution in [-0.4, -0.2) is 59.8 Å². The summed E-state index contributed by atoms with van der Waals surface area (Å²) in [5.74, 6) is -0.723. The molecule has 0 atom stereocenters. The molecule has 172 valence electrons. The topological polar surface area (TPSA) is 80.8 Å². The van der Waals surface area contributed by atoms with Crippen LogP contribution >= 0.6 is 11.3 Å². The molecular formula is C24H26N4O4S. The number of para-hydroxylation sites is 2. The van der Waals surface area contributed by atoms with Crippen LogP contribution in [0.25, 0.3) is 21.3 Å². The van der Waals surface area contributed by atoms with Gasteiger partial charge in [-0.05, 0) is 43.2 Å². The maximum Gasteiger partial charge on any atom is 0.420 e. The second kappa shape index (κ2) is 9.09. The third-order valence-electron chi connectivity index (χ3n) is 5.95. The number of amides is 1. The Kier molecular flexibility index (Phi) is 6.01. The van der Waals surface area contributed by atoms with Crippen LogP contribution in [0.1, 0.15) is 11.1 Å². The molecule has 2 aromatic carbocycles. The van der Waals surface area contributed by atoms with E-state index in [-0.39, 0.29) is 12.5 Å². The van der Waals surface area contributed by atoms with Gasteiger partial charge in [0.1, 0.15) is 6.54 Å². The zero-order valence-electron chi connectivity index (χ0n) is 18.7. The summed E-state index contributed by atoms with van der Waals surface area (Å²) >= 11 is 1.52. The number of morpholine rings is 1. The van der Waals surface area contributed by atoms with Gasteiger partial charge in [0, 0.05) is 26.2 Å². The van der Waals surface area contributed by atoms with Gasteiger partial charge in [0.2, 0.25) is 5.91 Å². The van der Waals surface area contributed by atoms with Crippen LogP contribution in [0.4, 0.5) is 5.13 Å². The van der Waals surface area contributed by atoms with E-state index in [2.05, 4.69) is 17.9 Å². The number of carbonyl (C=O) groups is 1. The van der Waals surface area contributed by atoms with Gasteiger partial charge in [0.05, 0.1) is 28.9 Å². The van der Waals surface area contributed by atoms with Crippen LogP contribution in [0.2, 0.25) is 0 Å². The Morgan fingerprint density at radius 3 is 2.79 bits per heavy atom. The molecule has 9 heteroatoms. The number of nitrogens with zero attached hydrogens (tertiary/aromatic N) is 4. The lowest BCUT2D eigenvalue weighted by molar-refractivity contribution is -0.119. The molecule has 1 aliphatic rings. The molecular weight excluding hydrogens is 440 g/mol. The SMILES string of the molecule is Cc1cc(C)c2sc(N(CCN3CCOCC3)C(=O)Cn3c(=O)oc4ccccc43)nc2c1. The highest BCUT2D eigenvalue weighted by Crippen LogP contribution is 2.32. The molecule has 0 aliphatic carbocycles. The number of hydrogen-bond donors (Lipinski definition) is 0. The first-order valence-corrected chi connectivity index (χ1v) is 11.9. The van der Waals surface area contributed by atoms with Crippen molar-refractivity contribution in [3.05, 3.63) is 58.1 Å². The largest absolute Gasteiger partial charge is 0.420 e. The minimum Gasteiger partial charge on any atom is -0.408 e. The molecule has 1 aliphatic heterocycles. The summed E-state index contributed by atoms with van der Waals surface area (Å²) in [4.78, 5) is 34.8. The zero-order chi connectivity index (χ0) is 22.9. The van der Waals surface area contributed by atoms with Crippen molar-refractivity contribution in [2.75, 3.05) is 44.3 Å². The van der Waals surface area contributed by atoms with Crippen LogP contribution in [0.15, 0.2) is 45.6 Å². The number of fused-ring (bicyclic) bond motifs is 2. The maximum atomic E-state index is 13.6. The van der Waals surface area contributed by atoms with E-state index in [0.717, 1.165) is 34.4 Å². The lowest BCUT2D eigenvalue weighted by Crippen LogP contribution is -2.44. The Bertz CT molecular complexity index is 1370. The number of aryl methyl sites for hydroxylation is 2. The summed E-state index contributed by atoms with van der Waals surface area (Å²) in [6.45, 7) is 8.28. The van der Waals surface area contributed by atoms with Crippen molar-refractivity contribution in [1.82, 2.24) is 14.5 Å². The zero-order valence-corrected chi connectivity index (χ0v) is 19.6. The standard InChI is InChI=1S/C24H26N4O4S/c1-16-13-17(2)22-18(14-16)25-23(33-22)27(8-7-26-9-11-31-12-10-26)21(29)15-28-19-5-3-4-6-20(19)32-24(28)30/h3-6,13-14H,7-12,15H2,1-2H3. The number of benzene rings is 2. The lowest BCUT2D eigenvalue weighted by Gasteiger charge is -2.29. The van der Waals surface area contributed by atoms with Crippen molar-refractivity contribution in [2.24, 2.45) is 0 Å². The van der Waals surface area contributed by atoms with E-state index in [1.54, 1.807) is 23.1 Å². The van der Waals surface area contributed by atoms with E-state index in [4.69, 9.17) is 14.1 Å². The molecule has 0 bridgehead atoms.